The first-order chi connectivity index (χ1) is 9.79. The van der Waals surface area contributed by atoms with E-state index in [9.17, 15) is 0 Å². The van der Waals surface area contributed by atoms with Crippen molar-refractivity contribution in [1.82, 2.24) is 20.3 Å². The monoisotopic (exact) mass is 270 g/mol. The van der Waals surface area contributed by atoms with Gasteiger partial charge in [-0.2, -0.15) is 0 Å². The molecule has 106 valence electrons. The minimum Gasteiger partial charge on any atom is -0.339 e. The van der Waals surface area contributed by atoms with Crippen LogP contribution in [0.3, 0.4) is 0 Å². The number of pyridine rings is 1. The van der Waals surface area contributed by atoms with Crippen LogP contribution in [0, 0.1) is 12.8 Å². The molecule has 1 aliphatic carbocycles. The van der Waals surface area contributed by atoms with E-state index in [2.05, 4.69) is 21.4 Å². The molecule has 2 aromatic heterocycles. The molecule has 0 bridgehead atoms. The molecule has 1 saturated carbocycles. The maximum absolute atomic E-state index is 4.71. The summed E-state index contributed by atoms with van der Waals surface area (Å²) in [6.07, 6.45) is 8.07. The maximum atomic E-state index is 4.71. The van der Waals surface area contributed by atoms with Crippen molar-refractivity contribution >= 4 is 11.2 Å². The van der Waals surface area contributed by atoms with Crippen LogP contribution < -0.4 is 5.32 Å². The molecule has 3 atom stereocenters. The summed E-state index contributed by atoms with van der Waals surface area (Å²) in [6, 6.07) is 5.20. The Morgan fingerprint density at radius 1 is 1.05 bits per heavy atom. The van der Waals surface area contributed by atoms with E-state index in [1.807, 2.05) is 13.0 Å². The van der Waals surface area contributed by atoms with Gasteiger partial charge in [-0.15, -0.1) is 0 Å². The van der Waals surface area contributed by atoms with E-state index in [4.69, 9.17) is 4.98 Å². The third-order valence-corrected chi connectivity index (χ3v) is 4.98. The number of H-pyrrole nitrogens is 1. The van der Waals surface area contributed by atoms with Crippen LogP contribution >= 0.6 is 0 Å². The molecule has 2 fully saturated rings. The minimum atomic E-state index is 0.379. The van der Waals surface area contributed by atoms with Crippen LogP contribution in [0.25, 0.3) is 11.2 Å². The topological polar surface area (TPSA) is 53.6 Å². The minimum absolute atomic E-state index is 0.379. The Morgan fingerprint density at radius 2 is 1.95 bits per heavy atom. The van der Waals surface area contributed by atoms with Crippen molar-refractivity contribution in [3.8, 4) is 0 Å². The highest BCUT2D eigenvalue weighted by Crippen LogP contribution is 2.36. The SMILES string of the molecule is Cc1ccc2[nH]c(C3CCC4CCCCC4N3)nc2n1. The van der Waals surface area contributed by atoms with Gasteiger partial charge in [0.05, 0.1) is 11.6 Å². The van der Waals surface area contributed by atoms with E-state index in [0.717, 1.165) is 28.6 Å². The van der Waals surface area contributed by atoms with Crippen molar-refractivity contribution in [3.63, 3.8) is 0 Å². The van der Waals surface area contributed by atoms with Crippen molar-refractivity contribution in [2.75, 3.05) is 0 Å². The predicted molar refractivity (Wildman–Crippen MR) is 79.5 cm³/mol. The lowest BCUT2D eigenvalue weighted by molar-refractivity contribution is 0.174. The number of hydrogen-bond donors (Lipinski definition) is 2. The van der Waals surface area contributed by atoms with Crippen LogP contribution in [-0.4, -0.2) is 21.0 Å². The standard InChI is InChI=1S/C16H22N4/c1-10-6-8-14-15(17-10)20-16(19-14)13-9-7-11-4-2-3-5-12(11)18-13/h6,8,11-13,18H,2-5,7,9H2,1H3,(H,17,19,20). The number of aromatic nitrogens is 3. The van der Waals surface area contributed by atoms with Crippen LogP contribution in [0.4, 0.5) is 0 Å². The fourth-order valence-electron chi connectivity index (χ4n) is 3.88. The summed E-state index contributed by atoms with van der Waals surface area (Å²) in [5, 5.41) is 3.83. The van der Waals surface area contributed by atoms with Crippen LogP contribution in [0.1, 0.15) is 56.1 Å². The van der Waals surface area contributed by atoms with E-state index >= 15 is 0 Å². The molecule has 2 aromatic rings. The lowest BCUT2D eigenvalue weighted by Crippen LogP contribution is -2.45. The lowest BCUT2D eigenvalue weighted by Gasteiger charge is -2.39. The van der Waals surface area contributed by atoms with Gasteiger partial charge in [-0.25, -0.2) is 9.97 Å². The van der Waals surface area contributed by atoms with Crippen molar-refractivity contribution in [2.45, 2.75) is 57.5 Å². The Kier molecular flexibility index (Phi) is 2.99. The lowest BCUT2D eigenvalue weighted by atomic mass is 9.77. The molecule has 20 heavy (non-hydrogen) atoms. The zero-order valence-corrected chi connectivity index (χ0v) is 12.0. The molecule has 3 heterocycles. The zero-order valence-electron chi connectivity index (χ0n) is 12.0. The summed E-state index contributed by atoms with van der Waals surface area (Å²) in [6.45, 7) is 2.01. The molecular weight excluding hydrogens is 248 g/mol. The Bertz CT molecular complexity index is 618. The van der Waals surface area contributed by atoms with Crippen molar-refractivity contribution in [1.29, 1.82) is 0 Å². The predicted octanol–water partition coefficient (Wildman–Crippen LogP) is 3.25. The zero-order chi connectivity index (χ0) is 13.5. The Hall–Kier alpha value is -1.42. The van der Waals surface area contributed by atoms with Gasteiger partial charge in [0.1, 0.15) is 5.82 Å². The number of fused-ring (bicyclic) bond motifs is 2. The van der Waals surface area contributed by atoms with Gasteiger partial charge >= 0.3 is 0 Å². The molecule has 0 spiro atoms. The molecule has 3 unspecified atom stereocenters. The molecule has 0 aromatic carbocycles. The Morgan fingerprint density at radius 3 is 2.90 bits per heavy atom. The van der Waals surface area contributed by atoms with Gasteiger partial charge in [-0.1, -0.05) is 12.8 Å². The van der Waals surface area contributed by atoms with Crippen molar-refractivity contribution < 1.29 is 0 Å². The van der Waals surface area contributed by atoms with E-state index in [1.54, 1.807) is 0 Å². The number of imidazole rings is 1. The smallest absolute Gasteiger partial charge is 0.177 e. The fourth-order valence-corrected chi connectivity index (χ4v) is 3.88. The first-order valence-electron chi connectivity index (χ1n) is 7.89. The fraction of sp³-hybridized carbons (Fsp3) is 0.625. The van der Waals surface area contributed by atoms with Gasteiger partial charge in [0, 0.05) is 11.7 Å². The van der Waals surface area contributed by atoms with Crippen molar-refractivity contribution in [2.24, 2.45) is 5.92 Å². The maximum Gasteiger partial charge on any atom is 0.177 e. The molecule has 1 saturated heterocycles. The molecule has 4 heteroatoms. The summed E-state index contributed by atoms with van der Waals surface area (Å²) in [4.78, 5) is 12.7. The molecule has 4 nitrogen and oxygen atoms in total. The number of rotatable bonds is 1. The molecular formula is C16H22N4. The second kappa shape index (κ2) is 4.85. The van der Waals surface area contributed by atoms with E-state index in [1.165, 1.54) is 38.5 Å². The summed E-state index contributed by atoms with van der Waals surface area (Å²) >= 11 is 0. The largest absolute Gasteiger partial charge is 0.339 e. The van der Waals surface area contributed by atoms with E-state index in [0.29, 0.717) is 12.1 Å². The van der Waals surface area contributed by atoms with Gasteiger partial charge in [0.2, 0.25) is 0 Å². The molecule has 0 amide bonds. The average molecular weight is 270 g/mol. The Labute approximate surface area is 119 Å². The number of piperidine rings is 1. The third-order valence-electron chi connectivity index (χ3n) is 4.98. The quantitative estimate of drug-likeness (QED) is 0.836. The Balaban J connectivity index is 1.59. The van der Waals surface area contributed by atoms with Crippen LogP contribution in [-0.2, 0) is 0 Å². The van der Waals surface area contributed by atoms with Crippen LogP contribution in [0.2, 0.25) is 0 Å². The van der Waals surface area contributed by atoms with E-state index in [-0.39, 0.29) is 0 Å². The van der Waals surface area contributed by atoms with Crippen LogP contribution in [0.5, 0.6) is 0 Å². The summed E-state index contributed by atoms with van der Waals surface area (Å²) in [5.74, 6) is 1.96. The highest BCUT2D eigenvalue weighted by Gasteiger charge is 2.33. The number of aryl methyl sites for hydroxylation is 1. The highest BCUT2D eigenvalue weighted by molar-refractivity contribution is 5.70. The first-order valence-corrected chi connectivity index (χ1v) is 7.89. The molecule has 4 rings (SSSR count). The summed E-state index contributed by atoms with van der Waals surface area (Å²) in [7, 11) is 0. The van der Waals surface area contributed by atoms with Gasteiger partial charge in [-0.3, -0.25) is 0 Å². The van der Waals surface area contributed by atoms with Gasteiger partial charge in [0.15, 0.2) is 5.65 Å². The third kappa shape index (κ3) is 2.12. The molecule has 2 aliphatic rings. The second-order valence-electron chi connectivity index (χ2n) is 6.39. The summed E-state index contributed by atoms with van der Waals surface area (Å²) < 4.78 is 0. The van der Waals surface area contributed by atoms with Gasteiger partial charge in [0.25, 0.3) is 0 Å². The van der Waals surface area contributed by atoms with Crippen molar-refractivity contribution in [3.05, 3.63) is 23.7 Å². The average Bonchev–Trinajstić information content (AvgIpc) is 2.89. The normalized spacial score (nSPS) is 30.4. The first kappa shape index (κ1) is 12.3. The highest BCUT2D eigenvalue weighted by atomic mass is 15.1. The molecule has 1 aliphatic heterocycles. The van der Waals surface area contributed by atoms with E-state index < -0.39 is 0 Å². The second-order valence-corrected chi connectivity index (χ2v) is 6.39. The van der Waals surface area contributed by atoms with Gasteiger partial charge < -0.3 is 10.3 Å². The van der Waals surface area contributed by atoms with Crippen LogP contribution in [0.15, 0.2) is 12.1 Å². The number of nitrogens with one attached hydrogen (secondary N) is 2. The number of nitrogens with zero attached hydrogens (tertiary/aromatic N) is 2. The molecule has 0 radical (unpaired) electrons. The molecule has 2 N–H and O–H groups in total. The van der Waals surface area contributed by atoms with Gasteiger partial charge in [-0.05, 0) is 50.7 Å². The number of hydrogen-bond acceptors (Lipinski definition) is 3. The number of aromatic amines is 1. The summed E-state index contributed by atoms with van der Waals surface area (Å²) in [5.41, 5.74) is 2.94.